The van der Waals surface area contributed by atoms with Gasteiger partial charge in [-0.3, -0.25) is 4.68 Å². The van der Waals surface area contributed by atoms with E-state index in [9.17, 15) is 8.78 Å². The molecule has 3 heterocycles. The van der Waals surface area contributed by atoms with Gasteiger partial charge in [0.2, 0.25) is 0 Å². The molecule has 1 aromatic carbocycles. The number of hydrogen-bond donors (Lipinski definition) is 0. The van der Waals surface area contributed by atoms with Crippen molar-refractivity contribution in [3.8, 4) is 22.9 Å². The fraction of sp³-hybridized carbons (Fsp3) is 0.0588. The number of halogens is 2. The first-order valence-corrected chi connectivity index (χ1v) is 7.40. The van der Waals surface area contributed by atoms with E-state index in [-0.39, 0.29) is 18.2 Å². The second kappa shape index (κ2) is 6.23. The summed E-state index contributed by atoms with van der Waals surface area (Å²) in [5.74, 6) is -0.603. The van der Waals surface area contributed by atoms with Crippen molar-refractivity contribution >= 4 is 0 Å². The topological polar surface area (TPSA) is 69.6 Å². The fourth-order valence-corrected chi connectivity index (χ4v) is 2.43. The molecule has 0 atom stereocenters. The van der Waals surface area contributed by atoms with Crippen molar-refractivity contribution in [3.63, 3.8) is 0 Å². The summed E-state index contributed by atoms with van der Waals surface area (Å²) in [6, 6.07) is 9.81. The van der Waals surface area contributed by atoms with E-state index >= 15 is 0 Å². The summed E-state index contributed by atoms with van der Waals surface area (Å²) in [6.45, 7) is 0.191. The summed E-state index contributed by atoms with van der Waals surface area (Å²) < 4.78 is 33.5. The highest BCUT2D eigenvalue weighted by Crippen LogP contribution is 2.24. The molecule has 0 unspecified atom stereocenters. The highest BCUT2D eigenvalue weighted by Gasteiger charge is 2.16. The minimum atomic E-state index is -0.536. The average Bonchev–Trinajstić information content (AvgIpc) is 3.27. The van der Waals surface area contributed by atoms with E-state index in [0.717, 1.165) is 12.4 Å². The molecule has 8 heteroatoms. The van der Waals surface area contributed by atoms with E-state index in [1.165, 1.54) is 12.3 Å². The number of nitrogens with zero attached hydrogens (tertiary/aromatic N) is 5. The van der Waals surface area contributed by atoms with Gasteiger partial charge in [-0.15, -0.1) is 0 Å². The molecule has 0 saturated carbocycles. The zero-order valence-corrected chi connectivity index (χ0v) is 12.8. The van der Waals surface area contributed by atoms with Gasteiger partial charge in [-0.2, -0.15) is 5.10 Å². The smallest absolute Gasteiger partial charge is 0.180 e. The third-order valence-corrected chi connectivity index (χ3v) is 3.61. The molecule has 0 amide bonds. The summed E-state index contributed by atoms with van der Waals surface area (Å²) in [7, 11) is 0. The lowest BCUT2D eigenvalue weighted by Gasteiger charge is -2.06. The minimum Gasteiger partial charge on any atom is -0.364 e. The summed E-state index contributed by atoms with van der Waals surface area (Å²) in [5, 5.41) is 8.33. The lowest BCUT2D eigenvalue weighted by atomic mass is 10.2. The first-order valence-electron chi connectivity index (χ1n) is 7.40. The van der Waals surface area contributed by atoms with E-state index in [2.05, 4.69) is 20.2 Å². The predicted octanol–water partition coefficient (Wildman–Crippen LogP) is 3.32. The Bertz CT molecular complexity index is 996. The molecule has 6 nitrogen and oxygen atoms in total. The van der Waals surface area contributed by atoms with Gasteiger partial charge in [0.15, 0.2) is 11.6 Å². The van der Waals surface area contributed by atoms with Crippen LogP contribution in [0.3, 0.4) is 0 Å². The summed E-state index contributed by atoms with van der Waals surface area (Å²) in [6.07, 6.45) is 3.56. The Morgan fingerprint density at radius 2 is 1.80 bits per heavy atom. The molecule has 0 bridgehead atoms. The van der Waals surface area contributed by atoms with Gasteiger partial charge in [-0.05, 0) is 12.1 Å². The summed E-state index contributed by atoms with van der Waals surface area (Å²) in [5.41, 5.74) is 2.05. The van der Waals surface area contributed by atoms with Crippen LogP contribution in [0.1, 0.15) is 5.56 Å². The van der Waals surface area contributed by atoms with Crippen LogP contribution in [0, 0.1) is 11.6 Å². The highest BCUT2D eigenvalue weighted by atomic mass is 19.1. The van der Waals surface area contributed by atoms with Crippen molar-refractivity contribution < 1.29 is 13.3 Å². The Morgan fingerprint density at radius 1 is 1.00 bits per heavy atom. The zero-order chi connectivity index (χ0) is 17.2. The Morgan fingerprint density at radius 3 is 2.52 bits per heavy atom. The van der Waals surface area contributed by atoms with Crippen LogP contribution >= 0.6 is 0 Å². The number of benzene rings is 1. The van der Waals surface area contributed by atoms with Crippen LogP contribution < -0.4 is 0 Å². The molecule has 3 aromatic heterocycles. The van der Waals surface area contributed by atoms with Crippen molar-refractivity contribution in [3.05, 3.63) is 72.3 Å². The number of hydrogen-bond acceptors (Lipinski definition) is 5. The third kappa shape index (κ3) is 3.01. The van der Waals surface area contributed by atoms with E-state index in [1.807, 2.05) is 0 Å². The van der Waals surface area contributed by atoms with Crippen molar-refractivity contribution in [2.75, 3.05) is 0 Å². The predicted molar refractivity (Wildman–Crippen MR) is 84.2 cm³/mol. The molecular formula is C17H11F2N5O. The van der Waals surface area contributed by atoms with Crippen LogP contribution in [0.2, 0.25) is 0 Å². The van der Waals surface area contributed by atoms with Crippen molar-refractivity contribution in [2.45, 2.75) is 6.54 Å². The van der Waals surface area contributed by atoms with Crippen LogP contribution in [0.4, 0.5) is 8.78 Å². The SMILES string of the molecule is Fc1cnc(-c2cc(-c3ccon3)n(Cc3ccccc3F)n2)nc1. The van der Waals surface area contributed by atoms with Gasteiger partial charge in [0.05, 0.1) is 24.6 Å². The molecule has 4 rings (SSSR count). The second-order valence-electron chi connectivity index (χ2n) is 5.27. The summed E-state index contributed by atoms with van der Waals surface area (Å²) in [4.78, 5) is 7.86. The van der Waals surface area contributed by atoms with Gasteiger partial charge in [0.25, 0.3) is 0 Å². The molecule has 0 aliphatic rings. The molecule has 0 aliphatic carbocycles. The molecule has 124 valence electrons. The molecule has 0 fully saturated rings. The van der Waals surface area contributed by atoms with Crippen LogP contribution in [0.5, 0.6) is 0 Å². The molecule has 4 aromatic rings. The van der Waals surface area contributed by atoms with Crippen molar-refractivity contribution in [2.24, 2.45) is 0 Å². The van der Waals surface area contributed by atoms with Crippen LogP contribution in [-0.2, 0) is 6.54 Å². The largest absolute Gasteiger partial charge is 0.364 e. The maximum absolute atomic E-state index is 14.0. The maximum atomic E-state index is 14.0. The summed E-state index contributed by atoms with van der Waals surface area (Å²) >= 11 is 0. The van der Waals surface area contributed by atoms with Gasteiger partial charge >= 0.3 is 0 Å². The standard InChI is InChI=1S/C17H11F2N5O/c18-12-8-20-17(21-9-12)15-7-16(14-5-6-25-23-14)24(22-15)10-11-3-1-2-4-13(11)19/h1-9H,10H2. The Kier molecular flexibility index (Phi) is 3.77. The van der Waals surface area contributed by atoms with Crippen molar-refractivity contribution in [1.82, 2.24) is 24.9 Å². The van der Waals surface area contributed by atoms with Gasteiger partial charge in [-0.1, -0.05) is 23.4 Å². The first kappa shape index (κ1) is 15.1. The van der Waals surface area contributed by atoms with Gasteiger partial charge < -0.3 is 4.52 Å². The molecule has 0 aliphatic heterocycles. The minimum absolute atomic E-state index is 0.191. The molecule has 0 radical (unpaired) electrons. The zero-order valence-electron chi connectivity index (χ0n) is 12.8. The number of aromatic nitrogens is 5. The molecule has 0 saturated heterocycles. The lowest BCUT2D eigenvalue weighted by molar-refractivity contribution is 0.421. The normalized spacial score (nSPS) is 11.0. The van der Waals surface area contributed by atoms with Crippen LogP contribution in [0.25, 0.3) is 22.9 Å². The van der Waals surface area contributed by atoms with Crippen molar-refractivity contribution in [1.29, 1.82) is 0 Å². The average molecular weight is 339 g/mol. The monoisotopic (exact) mass is 339 g/mol. The van der Waals surface area contributed by atoms with E-state index in [4.69, 9.17) is 4.52 Å². The Hall–Kier alpha value is -3.42. The first-order chi connectivity index (χ1) is 12.2. The highest BCUT2D eigenvalue weighted by molar-refractivity contribution is 5.62. The van der Waals surface area contributed by atoms with E-state index in [0.29, 0.717) is 22.6 Å². The van der Waals surface area contributed by atoms with E-state index < -0.39 is 5.82 Å². The van der Waals surface area contributed by atoms with Gasteiger partial charge in [0.1, 0.15) is 23.5 Å². The van der Waals surface area contributed by atoms with Crippen LogP contribution in [-0.4, -0.2) is 24.9 Å². The third-order valence-electron chi connectivity index (χ3n) is 3.61. The molecule has 25 heavy (non-hydrogen) atoms. The molecule has 0 N–H and O–H groups in total. The lowest BCUT2D eigenvalue weighted by Crippen LogP contribution is -2.06. The maximum Gasteiger partial charge on any atom is 0.180 e. The Balaban J connectivity index is 1.79. The molecule has 0 spiro atoms. The quantitative estimate of drug-likeness (QED) is 0.570. The van der Waals surface area contributed by atoms with E-state index in [1.54, 1.807) is 35.0 Å². The van der Waals surface area contributed by atoms with Gasteiger partial charge in [0, 0.05) is 11.6 Å². The molecular weight excluding hydrogens is 328 g/mol. The van der Waals surface area contributed by atoms with Gasteiger partial charge in [-0.25, -0.2) is 18.7 Å². The van der Waals surface area contributed by atoms with Crippen LogP contribution in [0.15, 0.2) is 59.6 Å². The Labute approximate surface area is 140 Å². The fourth-order valence-electron chi connectivity index (χ4n) is 2.43. The second-order valence-corrected chi connectivity index (χ2v) is 5.27. The number of rotatable bonds is 4.